The van der Waals surface area contributed by atoms with Crippen LogP contribution in [0.1, 0.15) is 23.2 Å². The zero-order chi connectivity index (χ0) is 21.6. The number of carbonyl (C=O) groups is 1. The SMILES string of the molecule is CC(Sc1nnc(Cc2cccs2)n1-c1ccccc1)C(=O)Nc1ccccc1C#N. The van der Waals surface area contributed by atoms with Gasteiger partial charge in [0, 0.05) is 17.0 Å². The molecule has 2 aromatic carbocycles. The molecule has 0 aliphatic carbocycles. The Morgan fingerprint density at radius 3 is 2.65 bits per heavy atom. The maximum atomic E-state index is 12.8. The van der Waals surface area contributed by atoms with E-state index < -0.39 is 5.25 Å². The number of nitrogens with zero attached hydrogens (tertiary/aromatic N) is 4. The van der Waals surface area contributed by atoms with Crippen LogP contribution in [0.15, 0.2) is 77.3 Å². The van der Waals surface area contributed by atoms with E-state index in [1.54, 1.807) is 35.6 Å². The minimum Gasteiger partial charge on any atom is -0.324 e. The van der Waals surface area contributed by atoms with Gasteiger partial charge in [-0.3, -0.25) is 9.36 Å². The van der Waals surface area contributed by atoms with Crippen molar-refractivity contribution >= 4 is 34.7 Å². The largest absolute Gasteiger partial charge is 0.324 e. The van der Waals surface area contributed by atoms with Gasteiger partial charge in [0.05, 0.1) is 16.5 Å². The summed E-state index contributed by atoms with van der Waals surface area (Å²) in [7, 11) is 0. The number of hydrogen-bond donors (Lipinski definition) is 1. The fraction of sp³-hybridized carbons (Fsp3) is 0.130. The fourth-order valence-corrected chi connectivity index (χ4v) is 4.62. The van der Waals surface area contributed by atoms with Gasteiger partial charge in [-0.2, -0.15) is 5.26 Å². The van der Waals surface area contributed by atoms with Crippen LogP contribution in [0.3, 0.4) is 0 Å². The van der Waals surface area contributed by atoms with E-state index in [9.17, 15) is 10.1 Å². The molecule has 2 heterocycles. The Labute approximate surface area is 188 Å². The van der Waals surface area contributed by atoms with Gasteiger partial charge in [0.2, 0.25) is 5.91 Å². The molecular formula is C23H19N5OS2. The number of thiophene rings is 1. The Morgan fingerprint density at radius 1 is 1.13 bits per heavy atom. The molecule has 0 aliphatic heterocycles. The Kier molecular flexibility index (Phi) is 6.46. The number of benzene rings is 2. The monoisotopic (exact) mass is 445 g/mol. The highest BCUT2D eigenvalue weighted by Crippen LogP contribution is 2.28. The van der Waals surface area contributed by atoms with Crippen LogP contribution < -0.4 is 5.32 Å². The fourth-order valence-electron chi connectivity index (χ4n) is 3.03. The number of amides is 1. The van der Waals surface area contributed by atoms with E-state index >= 15 is 0 Å². The number of anilines is 1. The van der Waals surface area contributed by atoms with Crippen molar-refractivity contribution < 1.29 is 4.79 Å². The summed E-state index contributed by atoms with van der Waals surface area (Å²) in [6, 6.07) is 23.0. The predicted molar refractivity (Wildman–Crippen MR) is 124 cm³/mol. The Bertz CT molecular complexity index is 1210. The van der Waals surface area contributed by atoms with Gasteiger partial charge < -0.3 is 5.32 Å². The molecule has 1 atom stereocenters. The van der Waals surface area contributed by atoms with Crippen molar-refractivity contribution in [3.05, 3.63) is 88.4 Å². The van der Waals surface area contributed by atoms with Gasteiger partial charge in [-0.1, -0.05) is 48.2 Å². The van der Waals surface area contributed by atoms with Gasteiger partial charge in [0.25, 0.3) is 0 Å². The molecular weight excluding hydrogens is 426 g/mol. The topological polar surface area (TPSA) is 83.6 Å². The smallest absolute Gasteiger partial charge is 0.237 e. The van der Waals surface area contributed by atoms with Crippen molar-refractivity contribution in [1.82, 2.24) is 14.8 Å². The average molecular weight is 446 g/mol. The number of aromatic nitrogens is 3. The number of carbonyl (C=O) groups excluding carboxylic acids is 1. The van der Waals surface area contributed by atoms with Gasteiger partial charge in [-0.15, -0.1) is 21.5 Å². The Morgan fingerprint density at radius 2 is 1.90 bits per heavy atom. The second kappa shape index (κ2) is 9.60. The van der Waals surface area contributed by atoms with Crippen molar-refractivity contribution in [3.8, 4) is 11.8 Å². The van der Waals surface area contributed by atoms with E-state index in [1.165, 1.54) is 16.6 Å². The normalized spacial score (nSPS) is 11.6. The average Bonchev–Trinajstić information content (AvgIpc) is 3.45. The van der Waals surface area contributed by atoms with Crippen LogP contribution in [0.4, 0.5) is 5.69 Å². The van der Waals surface area contributed by atoms with E-state index in [2.05, 4.69) is 27.6 Å². The summed E-state index contributed by atoms with van der Waals surface area (Å²) in [5.74, 6) is 0.619. The molecule has 0 bridgehead atoms. The van der Waals surface area contributed by atoms with Gasteiger partial charge in [0.15, 0.2) is 5.16 Å². The maximum Gasteiger partial charge on any atom is 0.237 e. The second-order valence-corrected chi connectivity index (χ2v) is 9.07. The van der Waals surface area contributed by atoms with Gasteiger partial charge >= 0.3 is 0 Å². The highest BCUT2D eigenvalue weighted by Gasteiger charge is 2.22. The van der Waals surface area contributed by atoms with Gasteiger partial charge in [0.1, 0.15) is 11.9 Å². The number of nitriles is 1. The van der Waals surface area contributed by atoms with Crippen LogP contribution in [0, 0.1) is 11.3 Å². The number of rotatable bonds is 7. The Balaban J connectivity index is 1.58. The lowest BCUT2D eigenvalue weighted by Crippen LogP contribution is -2.23. The van der Waals surface area contributed by atoms with Crippen LogP contribution in [0.25, 0.3) is 5.69 Å². The molecule has 1 N–H and O–H groups in total. The van der Waals surface area contributed by atoms with Crippen molar-refractivity contribution in [1.29, 1.82) is 5.26 Å². The summed E-state index contributed by atoms with van der Waals surface area (Å²) in [6.07, 6.45) is 0.663. The van der Waals surface area contributed by atoms with Crippen LogP contribution >= 0.6 is 23.1 Å². The minimum atomic E-state index is -0.437. The summed E-state index contributed by atoms with van der Waals surface area (Å²) in [6.45, 7) is 1.82. The lowest BCUT2D eigenvalue weighted by atomic mass is 10.2. The van der Waals surface area contributed by atoms with Crippen LogP contribution in [-0.2, 0) is 11.2 Å². The molecule has 2 aromatic heterocycles. The molecule has 0 aliphatic rings. The van der Waals surface area contributed by atoms with Crippen LogP contribution in [0.5, 0.6) is 0 Å². The lowest BCUT2D eigenvalue weighted by Gasteiger charge is -2.14. The molecule has 0 saturated carbocycles. The third-order valence-corrected chi connectivity index (χ3v) is 6.50. The number of para-hydroxylation sites is 2. The molecule has 6 nitrogen and oxygen atoms in total. The minimum absolute atomic E-state index is 0.199. The predicted octanol–water partition coefficient (Wildman–Crippen LogP) is 4.91. The summed E-state index contributed by atoms with van der Waals surface area (Å²) in [5.41, 5.74) is 1.88. The first-order valence-corrected chi connectivity index (χ1v) is 11.4. The first-order chi connectivity index (χ1) is 15.2. The lowest BCUT2D eigenvalue weighted by molar-refractivity contribution is -0.115. The summed E-state index contributed by atoms with van der Waals surface area (Å²) in [4.78, 5) is 14.0. The van der Waals surface area contributed by atoms with Crippen LogP contribution in [0.2, 0.25) is 0 Å². The third kappa shape index (κ3) is 4.85. The van der Waals surface area contributed by atoms with Gasteiger partial charge in [-0.25, -0.2) is 0 Å². The van der Waals surface area contributed by atoms with Gasteiger partial charge in [-0.05, 0) is 42.6 Å². The van der Waals surface area contributed by atoms with Crippen molar-refractivity contribution in [2.75, 3.05) is 5.32 Å². The molecule has 8 heteroatoms. The van der Waals surface area contributed by atoms with Crippen LogP contribution in [-0.4, -0.2) is 25.9 Å². The summed E-state index contributed by atoms with van der Waals surface area (Å²) < 4.78 is 2.00. The molecule has 0 fully saturated rings. The molecule has 31 heavy (non-hydrogen) atoms. The van der Waals surface area contributed by atoms with Crippen molar-refractivity contribution in [2.24, 2.45) is 0 Å². The summed E-state index contributed by atoms with van der Waals surface area (Å²) >= 11 is 3.01. The zero-order valence-electron chi connectivity index (χ0n) is 16.7. The zero-order valence-corrected chi connectivity index (χ0v) is 18.4. The first-order valence-electron chi connectivity index (χ1n) is 9.64. The standard InChI is InChI=1S/C23H19N5OS2/c1-16(22(29)25-20-12-6-5-8-17(20)15-24)31-23-27-26-21(14-19-11-7-13-30-19)28(23)18-9-3-2-4-10-18/h2-13,16H,14H2,1H3,(H,25,29). The van der Waals surface area contributed by atoms with E-state index in [-0.39, 0.29) is 5.91 Å². The Hall–Kier alpha value is -3.41. The third-order valence-electron chi connectivity index (χ3n) is 4.58. The molecule has 0 spiro atoms. The molecule has 0 radical (unpaired) electrons. The van der Waals surface area contributed by atoms with E-state index in [1.807, 2.05) is 53.3 Å². The van der Waals surface area contributed by atoms with Crippen molar-refractivity contribution in [2.45, 2.75) is 23.8 Å². The van der Waals surface area contributed by atoms with Crippen molar-refractivity contribution in [3.63, 3.8) is 0 Å². The number of nitrogens with one attached hydrogen (secondary N) is 1. The highest BCUT2D eigenvalue weighted by molar-refractivity contribution is 8.00. The van der Waals surface area contributed by atoms with E-state index in [4.69, 9.17) is 0 Å². The number of hydrogen-bond acceptors (Lipinski definition) is 6. The number of thioether (sulfide) groups is 1. The molecule has 0 saturated heterocycles. The molecule has 154 valence electrons. The van der Waals surface area contributed by atoms with E-state index in [0.29, 0.717) is 22.8 Å². The second-order valence-electron chi connectivity index (χ2n) is 6.73. The summed E-state index contributed by atoms with van der Waals surface area (Å²) in [5, 5.41) is 23.1. The highest BCUT2D eigenvalue weighted by atomic mass is 32.2. The molecule has 4 rings (SSSR count). The maximum absolute atomic E-state index is 12.8. The molecule has 4 aromatic rings. The first kappa shape index (κ1) is 20.8. The van der Waals surface area contributed by atoms with E-state index in [0.717, 1.165) is 11.5 Å². The molecule has 1 amide bonds. The quantitative estimate of drug-likeness (QED) is 0.409. The molecule has 1 unspecified atom stereocenters.